The Hall–Kier alpha value is -2.63. The number of anilines is 2. The molecule has 0 aromatic heterocycles. The van der Waals surface area contributed by atoms with Crippen molar-refractivity contribution in [3.63, 3.8) is 0 Å². The molecule has 2 aromatic carbocycles. The minimum Gasteiger partial charge on any atom is -0.494 e. The Kier molecular flexibility index (Phi) is 3.84. The fraction of sp³-hybridized carbons (Fsp3) is 0.0714. The SMILES string of the molecule is COc1ccc(NC(=O)c2cc(F)ccc2N)cc1F. The van der Waals surface area contributed by atoms with Crippen molar-refractivity contribution in [1.29, 1.82) is 0 Å². The van der Waals surface area contributed by atoms with Crippen LogP contribution in [0.4, 0.5) is 20.2 Å². The van der Waals surface area contributed by atoms with Gasteiger partial charge in [-0.05, 0) is 30.3 Å². The summed E-state index contributed by atoms with van der Waals surface area (Å²) in [6.45, 7) is 0. The quantitative estimate of drug-likeness (QED) is 0.848. The maximum Gasteiger partial charge on any atom is 0.257 e. The van der Waals surface area contributed by atoms with E-state index in [4.69, 9.17) is 10.5 Å². The summed E-state index contributed by atoms with van der Waals surface area (Å²) in [6.07, 6.45) is 0. The topological polar surface area (TPSA) is 64.3 Å². The van der Waals surface area contributed by atoms with Crippen molar-refractivity contribution in [1.82, 2.24) is 0 Å². The number of nitrogen functional groups attached to an aromatic ring is 1. The van der Waals surface area contributed by atoms with Crippen molar-refractivity contribution in [2.45, 2.75) is 0 Å². The Labute approximate surface area is 114 Å². The molecule has 3 N–H and O–H groups in total. The Balaban J connectivity index is 2.23. The number of carbonyl (C=O) groups is 1. The molecule has 0 heterocycles. The second-order valence-corrected chi connectivity index (χ2v) is 4.04. The van der Waals surface area contributed by atoms with Crippen molar-refractivity contribution in [2.75, 3.05) is 18.2 Å². The van der Waals surface area contributed by atoms with Crippen LogP contribution in [0.15, 0.2) is 36.4 Å². The highest BCUT2D eigenvalue weighted by Crippen LogP contribution is 2.22. The maximum absolute atomic E-state index is 13.5. The normalized spacial score (nSPS) is 10.2. The van der Waals surface area contributed by atoms with Gasteiger partial charge in [0.25, 0.3) is 5.91 Å². The van der Waals surface area contributed by atoms with Crippen LogP contribution < -0.4 is 15.8 Å². The first-order chi connectivity index (χ1) is 9.51. The number of amides is 1. The number of benzene rings is 2. The minimum atomic E-state index is -0.619. The van der Waals surface area contributed by atoms with E-state index in [0.717, 1.165) is 18.2 Å². The van der Waals surface area contributed by atoms with Crippen molar-refractivity contribution >= 4 is 17.3 Å². The highest BCUT2D eigenvalue weighted by molar-refractivity contribution is 6.07. The lowest BCUT2D eigenvalue weighted by atomic mass is 10.1. The number of carbonyl (C=O) groups excluding carboxylic acids is 1. The third-order valence-electron chi connectivity index (χ3n) is 2.67. The molecule has 0 aliphatic rings. The van der Waals surface area contributed by atoms with E-state index in [-0.39, 0.29) is 22.7 Å². The maximum atomic E-state index is 13.5. The van der Waals surface area contributed by atoms with Crippen molar-refractivity contribution in [3.05, 3.63) is 53.6 Å². The van der Waals surface area contributed by atoms with Gasteiger partial charge in [0.1, 0.15) is 5.82 Å². The third-order valence-corrected chi connectivity index (χ3v) is 2.67. The zero-order valence-corrected chi connectivity index (χ0v) is 10.6. The zero-order valence-electron chi connectivity index (χ0n) is 10.6. The molecule has 0 unspecified atom stereocenters. The van der Waals surface area contributed by atoms with Crippen LogP contribution in [0.2, 0.25) is 0 Å². The van der Waals surface area contributed by atoms with Crippen molar-refractivity contribution in [2.24, 2.45) is 0 Å². The van der Waals surface area contributed by atoms with Crippen LogP contribution in [0, 0.1) is 11.6 Å². The van der Waals surface area contributed by atoms with Crippen LogP contribution in [0.5, 0.6) is 5.75 Å². The van der Waals surface area contributed by atoms with E-state index in [9.17, 15) is 13.6 Å². The molecule has 6 heteroatoms. The molecule has 0 aliphatic heterocycles. The summed E-state index contributed by atoms with van der Waals surface area (Å²) in [7, 11) is 1.34. The number of methoxy groups -OCH3 is 1. The number of nitrogens with two attached hydrogens (primary N) is 1. The van der Waals surface area contributed by atoms with Crippen molar-refractivity contribution < 1.29 is 18.3 Å². The van der Waals surface area contributed by atoms with E-state index >= 15 is 0 Å². The Morgan fingerprint density at radius 2 is 1.95 bits per heavy atom. The van der Waals surface area contributed by atoms with E-state index in [0.29, 0.717) is 0 Å². The van der Waals surface area contributed by atoms with Crippen LogP contribution >= 0.6 is 0 Å². The van der Waals surface area contributed by atoms with Gasteiger partial charge < -0.3 is 15.8 Å². The van der Waals surface area contributed by atoms with Gasteiger partial charge in [-0.25, -0.2) is 8.78 Å². The summed E-state index contributed by atoms with van der Waals surface area (Å²) >= 11 is 0. The number of rotatable bonds is 3. The summed E-state index contributed by atoms with van der Waals surface area (Å²) < 4.78 is 31.3. The van der Waals surface area contributed by atoms with Crippen LogP contribution in [0.25, 0.3) is 0 Å². The molecule has 4 nitrogen and oxygen atoms in total. The van der Waals surface area contributed by atoms with Crippen LogP contribution in [-0.4, -0.2) is 13.0 Å². The largest absolute Gasteiger partial charge is 0.494 e. The predicted molar refractivity (Wildman–Crippen MR) is 71.7 cm³/mol. The number of hydrogen-bond donors (Lipinski definition) is 2. The third kappa shape index (κ3) is 2.85. The summed E-state index contributed by atoms with van der Waals surface area (Å²) in [4.78, 5) is 11.9. The summed E-state index contributed by atoms with van der Waals surface area (Å²) in [5, 5.41) is 2.44. The fourth-order valence-corrected chi connectivity index (χ4v) is 1.67. The highest BCUT2D eigenvalue weighted by Gasteiger charge is 2.12. The molecule has 0 saturated heterocycles. The molecule has 2 rings (SSSR count). The van der Waals surface area contributed by atoms with Crippen molar-refractivity contribution in [3.8, 4) is 5.75 Å². The summed E-state index contributed by atoms with van der Waals surface area (Å²) in [5.41, 5.74) is 5.94. The molecule has 0 spiro atoms. The van der Waals surface area contributed by atoms with Gasteiger partial charge in [-0.3, -0.25) is 4.79 Å². The van der Waals surface area contributed by atoms with Gasteiger partial charge in [-0.2, -0.15) is 0 Å². The first-order valence-electron chi connectivity index (χ1n) is 5.71. The molecule has 20 heavy (non-hydrogen) atoms. The lowest BCUT2D eigenvalue weighted by molar-refractivity contribution is 0.102. The molecule has 0 atom stereocenters. The van der Waals surface area contributed by atoms with E-state index in [1.807, 2.05) is 0 Å². The zero-order chi connectivity index (χ0) is 14.7. The second kappa shape index (κ2) is 5.56. The van der Waals surface area contributed by atoms with Gasteiger partial charge in [-0.15, -0.1) is 0 Å². The van der Waals surface area contributed by atoms with E-state index < -0.39 is 17.5 Å². The molecule has 104 valence electrons. The Morgan fingerprint density at radius 1 is 1.20 bits per heavy atom. The van der Waals surface area contributed by atoms with Gasteiger partial charge >= 0.3 is 0 Å². The number of ether oxygens (including phenoxy) is 1. The monoisotopic (exact) mass is 278 g/mol. The van der Waals surface area contributed by atoms with Crippen LogP contribution in [0.3, 0.4) is 0 Å². The first kappa shape index (κ1) is 13.8. The predicted octanol–water partition coefficient (Wildman–Crippen LogP) is 2.81. The standard InChI is InChI=1S/C14H12F2N2O2/c1-20-13-5-3-9(7-11(13)16)18-14(19)10-6-8(15)2-4-12(10)17/h2-7H,17H2,1H3,(H,18,19). The van der Waals surface area contributed by atoms with Gasteiger partial charge in [0, 0.05) is 17.4 Å². The number of halogens is 2. The molecule has 0 radical (unpaired) electrons. The summed E-state index contributed by atoms with van der Waals surface area (Å²) in [6, 6.07) is 7.41. The molecule has 0 aliphatic carbocycles. The Bertz CT molecular complexity index is 660. The highest BCUT2D eigenvalue weighted by atomic mass is 19.1. The number of hydrogen-bond acceptors (Lipinski definition) is 3. The molecule has 0 bridgehead atoms. The lowest BCUT2D eigenvalue weighted by Gasteiger charge is -2.09. The summed E-state index contributed by atoms with van der Waals surface area (Å²) in [5.74, 6) is -1.75. The average molecular weight is 278 g/mol. The van der Waals surface area contributed by atoms with E-state index in [2.05, 4.69) is 5.32 Å². The average Bonchev–Trinajstić information content (AvgIpc) is 2.41. The molecular formula is C14H12F2N2O2. The first-order valence-corrected chi connectivity index (χ1v) is 5.71. The minimum absolute atomic E-state index is 0.0128. The second-order valence-electron chi connectivity index (χ2n) is 4.04. The molecule has 2 aromatic rings. The van der Waals surface area contributed by atoms with Crippen LogP contribution in [-0.2, 0) is 0 Å². The number of nitrogens with one attached hydrogen (secondary N) is 1. The fourth-order valence-electron chi connectivity index (χ4n) is 1.67. The molecule has 0 fully saturated rings. The van der Waals surface area contributed by atoms with Gasteiger partial charge in [0.05, 0.1) is 12.7 Å². The van der Waals surface area contributed by atoms with Gasteiger partial charge in [0.15, 0.2) is 11.6 Å². The van der Waals surface area contributed by atoms with Gasteiger partial charge in [-0.1, -0.05) is 0 Å². The molecule has 1 amide bonds. The smallest absolute Gasteiger partial charge is 0.257 e. The lowest BCUT2D eigenvalue weighted by Crippen LogP contribution is -2.14. The Morgan fingerprint density at radius 3 is 2.60 bits per heavy atom. The van der Waals surface area contributed by atoms with E-state index in [1.54, 1.807) is 0 Å². The molecule has 0 saturated carbocycles. The van der Waals surface area contributed by atoms with E-state index in [1.165, 1.54) is 25.3 Å². The molecular weight excluding hydrogens is 266 g/mol. The van der Waals surface area contributed by atoms with Crippen LogP contribution in [0.1, 0.15) is 10.4 Å². The van der Waals surface area contributed by atoms with Gasteiger partial charge in [0.2, 0.25) is 0 Å².